The molecule has 1 aromatic heterocycles. The van der Waals surface area contributed by atoms with Gasteiger partial charge in [-0.25, -0.2) is 0 Å². The molecule has 4 nitrogen and oxygen atoms in total. The number of fused-ring (bicyclic) bond motifs is 1. The number of thiophene rings is 1. The van der Waals surface area contributed by atoms with Gasteiger partial charge >= 0.3 is 0 Å². The van der Waals surface area contributed by atoms with E-state index in [0.717, 1.165) is 42.5 Å². The Balaban J connectivity index is 1.67. The first-order valence-corrected chi connectivity index (χ1v) is 13.2. The fourth-order valence-corrected chi connectivity index (χ4v) is 7.28. The third-order valence-electron chi connectivity index (χ3n) is 7.00. The van der Waals surface area contributed by atoms with E-state index in [0.29, 0.717) is 45.4 Å². The Morgan fingerprint density at radius 1 is 1.00 bits per heavy atom. The van der Waals surface area contributed by atoms with Crippen molar-refractivity contribution in [1.82, 2.24) is 0 Å². The third kappa shape index (κ3) is 3.93. The molecule has 1 aliphatic heterocycles. The number of nitrogens with zero attached hydrogens (tertiary/aromatic N) is 2. The summed E-state index contributed by atoms with van der Waals surface area (Å²) in [6.45, 7) is 0. The molecule has 0 fully saturated rings. The highest BCUT2D eigenvalue weighted by molar-refractivity contribution is 7.16. The maximum absolute atomic E-state index is 13.7. The first-order valence-electron chi connectivity index (χ1n) is 11.6. The summed E-state index contributed by atoms with van der Waals surface area (Å²) in [7, 11) is 0. The highest BCUT2D eigenvalue weighted by atomic mass is 35.5. The molecule has 0 bridgehead atoms. The molecule has 1 amide bonds. The summed E-state index contributed by atoms with van der Waals surface area (Å²) in [5, 5.41) is 11.6. The van der Waals surface area contributed by atoms with Crippen molar-refractivity contribution in [2.45, 2.75) is 70.1 Å². The molecule has 7 heteroatoms. The van der Waals surface area contributed by atoms with Crippen molar-refractivity contribution in [2.24, 2.45) is 0 Å². The predicted octanol–water partition coefficient (Wildman–Crippen LogP) is 7.11. The van der Waals surface area contributed by atoms with Crippen molar-refractivity contribution in [3.8, 4) is 6.07 Å². The molecule has 0 saturated heterocycles. The van der Waals surface area contributed by atoms with Crippen LogP contribution < -0.4 is 4.90 Å². The van der Waals surface area contributed by atoms with Crippen LogP contribution in [-0.4, -0.2) is 11.7 Å². The van der Waals surface area contributed by atoms with Crippen LogP contribution in [0.2, 0.25) is 10.0 Å². The number of allylic oxidation sites excluding steroid dienone is 2. The number of carbonyl (C=O) groups excluding carboxylic acids is 2. The van der Waals surface area contributed by atoms with E-state index >= 15 is 0 Å². The molecule has 2 aromatic rings. The maximum atomic E-state index is 13.7. The van der Waals surface area contributed by atoms with E-state index in [1.165, 1.54) is 17.7 Å². The Bertz CT molecular complexity index is 1220. The number of Topliss-reactive ketones (excluding diaryl/α,β-unsaturated/α-hetero) is 1. The van der Waals surface area contributed by atoms with Crippen LogP contribution in [-0.2, 0) is 22.4 Å². The number of ketones is 1. The monoisotopic (exact) mass is 498 g/mol. The largest absolute Gasteiger partial charge is 0.294 e. The lowest BCUT2D eigenvalue weighted by Gasteiger charge is -2.38. The SMILES string of the molecule is N#Cc1c(N2C(=O)C[C@@H](c3cccc(Cl)c3Cl)C3=C2CCCC3=O)sc2c1CCCCCC2. The first kappa shape index (κ1) is 22.7. The Morgan fingerprint density at radius 2 is 1.79 bits per heavy atom. The van der Waals surface area contributed by atoms with Crippen molar-refractivity contribution in [2.75, 3.05) is 4.90 Å². The summed E-state index contributed by atoms with van der Waals surface area (Å²) in [6.07, 6.45) is 8.29. The quantitative estimate of drug-likeness (QED) is 0.442. The molecule has 2 aliphatic carbocycles. The van der Waals surface area contributed by atoms with E-state index in [-0.39, 0.29) is 18.1 Å². The topological polar surface area (TPSA) is 61.2 Å². The van der Waals surface area contributed by atoms with Gasteiger partial charge in [0.15, 0.2) is 5.78 Å². The summed E-state index contributed by atoms with van der Waals surface area (Å²) in [5.74, 6) is -0.437. The molecule has 33 heavy (non-hydrogen) atoms. The minimum atomic E-state index is -0.408. The Morgan fingerprint density at radius 3 is 2.58 bits per heavy atom. The van der Waals surface area contributed by atoms with Gasteiger partial charge in [0, 0.05) is 34.9 Å². The second-order valence-electron chi connectivity index (χ2n) is 8.98. The Kier molecular flexibility index (Phi) is 6.35. The number of amides is 1. The number of benzene rings is 1. The van der Waals surface area contributed by atoms with Crippen molar-refractivity contribution in [3.05, 3.63) is 61.1 Å². The molecule has 5 rings (SSSR count). The van der Waals surface area contributed by atoms with Crippen LogP contribution in [0.15, 0.2) is 29.5 Å². The number of aryl methyl sites for hydroxylation is 1. The normalized spacial score (nSPS) is 21.2. The minimum absolute atomic E-state index is 0.0585. The second-order valence-corrected chi connectivity index (χ2v) is 10.8. The molecule has 0 saturated carbocycles. The molecule has 0 radical (unpaired) electrons. The number of anilines is 1. The lowest BCUT2D eigenvalue weighted by Crippen LogP contribution is -2.40. The van der Waals surface area contributed by atoms with Gasteiger partial charge in [-0.05, 0) is 55.7 Å². The molecule has 2 heterocycles. The molecule has 1 atom stereocenters. The summed E-state index contributed by atoms with van der Waals surface area (Å²) in [6, 6.07) is 7.78. The number of hydrogen-bond donors (Lipinski definition) is 0. The minimum Gasteiger partial charge on any atom is -0.294 e. The van der Waals surface area contributed by atoms with Crippen LogP contribution in [0.25, 0.3) is 0 Å². The van der Waals surface area contributed by atoms with E-state index in [2.05, 4.69) is 6.07 Å². The number of halogens is 2. The fraction of sp³-hybridized carbons (Fsp3) is 0.423. The van der Waals surface area contributed by atoms with Crippen LogP contribution in [0.1, 0.15) is 78.9 Å². The van der Waals surface area contributed by atoms with Crippen LogP contribution in [0, 0.1) is 11.3 Å². The highest BCUT2D eigenvalue weighted by Crippen LogP contribution is 2.49. The summed E-state index contributed by atoms with van der Waals surface area (Å²) >= 11 is 14.4. The van der Waals surface area contributed by atoms with Gasteiger partial charge in [-0.15, -0.1) is 11.3 Å². The molecule has 170 valence electrons. The van der Waals surface area contributed by atoms with Crippen molar-refractivity contribution in [3.63, 3.8) is 0 Å². The van der Waals surface area contributed by atoms with Crippen LogP contribution >= 0.6 is 34.5 Å². The lowest BCUT2D eigenvalue weighted by molar-refractivity contribution is -0.119. The van der Waals surface area contributed by atoms with Crippen molar-refractivity contribution >= 4 is 51.2 Å². The van der Waals surface area contributed by atoms with E-state index in [4.69, 9.17) is 23.2 Å². The van der Waals surface area contributed by atoms with Gasteiger partial charge in [-0.1, -0.05) is 48.2 Å². The third-order valence-corrected chi connectivity index (χ3v) is 9.11. The molecule has 0 N–H and O–H groups in total. The van der Waals surface area contributed by atoms with Crippen molar-refractivity contribution < 1.29 is 9.59 Å². The number of hydrogen-bond acceptors (Lipinski definition) is 4. The smallest absolute Gasteiger partial charge is 0.232 e. The van der Waals surface area contributed by atoms with Crippen LogP contribution in [0.4, 0.5) is 5.00 Å². The van der Waals surface area contributed by atoms with Gasteiger partial charge in [0.05, 0.1) is 15.6 Å². The van der Waals surface area contributed by atoms with Gasteiger partial charge in [-0.3, -0.25) is 14.5 Å². The summed E-state index contributed by atoms with van der Waals surface area (Å²) in [4.78, 5) is 29.8. The van der Waals surface area contributed by atoms with Crippen molar-refractivity contribution in [1.29, 1.82) is 5.26 Å². The molecule has 1 aromatic carbocycles. The zero-order valence-corrected chi connectivity index (χ0v) is 20.6. The van der Waals surface area contributed by atoms with Crippen LogP contribution in [0.5, 0.6) is 0 Å². The fourth-order valence-electron chi connectivity index (χ4n) is 5.46. The lowest BCUT2D eigenvalue weighted by atomic mass is 9.77. The Hall–Kier alpha value is -2.13. The van der Waals surface area contributed by atoms with E-state index in [1.807, 2.05) is 6.07 Å². The maximum Gasteiger partial charge on any atom is 0.232 e. The summed E-state index contributed by atoms with van der Waals surface area (Å²) < 4.78 is 0. The van der Waals surface area contributed by atoms with Gasteiger partial charge in [0.2, 0.25) is 5.91 Å². The van der Waals surface area contributed by atoms with E-state index in [9.17, 15) is 14.9 Å². The number of carbonyl (C=O) groups is 2. The molecular weight excluding hydrogens is 475 g/mol. The van der Waals surface area contributed by atoms with E-state index in [1.54, 1.807) is 28.4 Å². The average Bonchev–Trinajstić information content (AvgIpc) is 3.11. The second kappa shape index (κ2) is 9.25. The molecule has 0 unspecified atom stereocenters. The highest BCUT2D eigenvalue weighted by Gasteiger charge is 2.42. The average molecular weight is 499 g/mol. The zero-order valence-electron chi connectivity index (χ0n) is 18.3. The summed E-state index contributed by atoms with van der Waals surface area (Å²) in [5.41, 5.74) is 3.85. The van der Waals surface area contributed by atoms with Gasteiger partial charge in [-0.2, -0.15) is 5.26 Å². The number of nitriles is 1. The van der Waals surface area contributed by atoms with Crippen LogP contribution in [0.3, 0.4) is 0 Å². The standard InChI is InChI=1S/C26H24Cl2N2O2S/c27-19-9-5-8-16(25(19)28)17-13-23(32)30(20-10-6-11-21(31)24(17)20)26-18(14-29)15-7-3-1-2-4-12-22(15)33-26/h5,8-9,17H,1-4,6-7,10-13H2/t17-/m0/s1. The van der Waals surface area contributed by atoms with E-state index < -0.39 is 5.92 Å². The van der Waals surface area contributed by atoms with Gasteiger partial charge in [0.25, 0.3) is 0 Å². The van der Waals surface area contributed by atoms with Gasteiger partial charge in [0.1, 0.15) is 11.1 Å². The first-order chi connectivity index (χ1) is 16.0. The molecule has 0 spiro atoms. The number of rotatable bonds is 2. The zero-order chi connectivity index (χ0) is 23.1. The van der Waals surface area contributed by atoms with Gasteiger partial charge < -0.3 is 0 Å². The predicted molar refractivity (Wildman–Crippen MR) is 132 cm³/mol. The Labute approximate surface area is 207 Å². The molecule has 3 aliphatic rings. The molecular formula is C26H24Cl2N2O2S.